The van der Waals surface area contributed by atoms with E-state index in [4.69, 9.17) is 0 Å². The number of nitrogens with zero attached hydrogens (tertiary/aromatic N) is 1. The van der Waals surface area contributed by atoms with Gasteiger partial charge < -0.3 is 10.2 Å². The molecule has 2 aromatic rings. The van der Waals surface area contributed by atoms with Gasteiger partial charge in [-0.15, -0.1) is 11.3 Å². The van der Waals surface area contributed by atoms with Gasteiger partial charge in [-0.25, -0.2) is 0 Å². The number of anilines is 2. The fourth-order valence-corrected chi connectivity index (χ4v) is 3.27. The van der Waals surface area contributed by atoms with E-state index in [2.05, 4.69) is 5.32 Å². The van der Waals surface area contributed by atoms with E-state index in [1.807, 2.05) is 36.6 Å². The molecule has 2 amide bonds. The molecule has 1 aliphatic heterocycles. The Balaban J connectivity index is 1.81. The molecule has 1 aromatic carbocycles. The molecule has 1 aromatic heterocycles. The van der Waals surface area contributed by atoms with Crippen LogP contribution in [0.25, 0.3) is 0 Å². The van der Waals surface area contributed by atoms with Crippen molar-refractivity contribution < 1.29 is 9.59 Å². The molecular weight excluding hydrogens is 284 g/mol. The maximum atomic E-state index is 12.1. The third kappa shape index (κ3) is 2.69. The number of nitrogens with one attached hydrogen (secondary N) is 1. The van der Waals surface area contributed by atoms with Crippen LogP contribution in [0.2, 0.25) is 0 Å². The molecule has 0 atom stereocenters. The number of thiophene rings is 1. The standard InChI is InChI=1S/C16H16N2O2S/c1-10-7-14(21-9-10)16(20)17-12-4-5-13-11(8-12)3-6-15(19)18(13)2/h4-5,7-9H,3,6H2,1-2H3,(H,17,20). The zero-order valence-electron chi connectivity index (χ0n) is 12.0. The molecule has 0 saturated carbocycles. The van der Waals surface area contributed by atoms with Crippen LogP contribution in [0.15, 0.2) is 29.6 Å². The largest absolute Gasteiger partial charge is 0.321 e. The molecular formula is C16H16N2O2S. The Labute approximate surface area is 127 Å². The summed E-state index contributed by atoms with van der Waals surface area (Å²) in [6, 6.07) is 7.56. The summed E-state index contributed by atoms with van der Waals surface area (Å²) in [5, 5.41) is 4.88. The molecule has 4 nitrogen and oxygen atoms in total. The normalized spacial score (nSPS) is 14.0. The summed E-state index contributed by atoms with van der Waals surface area (Å²) >= 11 is 1.44. The van der Waals surface area contributed by atoms with Gasteiger partial charge in [-0.1, -0.05) is 0 Å². The maximum Gasteiger partial charge on any atom is 0.265 e. The quantitative estimate of drug-likeness (QED) is 0.925. The summed E-state index contributed by atoms with van der Waals surface area (Å²) in [6.07, 6.45) is 1.24. The van der Waals surface area contributed by atoms with E-state index in [9.17, 15) is 9.59 Å². The van der Waals surface area contributed by atoms with Gasteiger partial charge in [-0.2, -0.15) is 0 Å². The summed E-state index contributed by atoms with van der Waals surface area (Å²) in [5.41, 5.74) is 3.89. The second-order valence-electron chi connectivity index (χ2n) is 5.24. The second-order valence-corrected chi connectivity index (χ2v) is 6.15. The molecule has 0 aliphatic carbocycles. The molecule has 1 aliphatic rings. The number of fused-ring (bicyclic) bond motifs is 1. The average molecular weight is 300 g/mol. The number of hydrogen-bond acceptors (Lipinski definition) is 3. The SMILES string of the molecule is Cc1csc(C(=O)Nc2ccc3c(c2)CCC(=O)N3C)c1. The van der Waals surface area contributed by atoms with Crippen molar-refractivity contribution in [2.24, 2.45) is 0 Å². The highest BCUT2D eigenvalue weighted by atomic mass is 32.1. The van der Waals surface area contributed by atoms with Crippen LogP contribution in [0, 0.1) is 6.92 Å². The highest BCUT2D eigenvalue weighted by molar-refractivity contribution is 7.12. The summed E-state index contributed by atoms with van der Waals surface area (Å²) < 4.78 is 0. The highest BCUT2D eigenvalue weighted by Crippen LogP contribution is 2.29. The van der Waals surface area contributed by atoms with Gasteiger partial charge in [0.2, 0.25) is 5.91 Å². The Morgan fingerprint density at radius 2 is 2.10 bits per heavy atom. The molecule has 1 N–H and O–H groups in total. The summed E-state index contributed by atoms with van der Waals surface area (Å²) in [6.45, 7) is 1.97. The van der Waals surface area contributed by atoms with Gasteiger partial charge in [-0.05, 0) is 54.1 Å². The van der Waals surface area contributed by atoms with E-state index < -0.39 is 0 Å². The molecule has 5 heteroatoms. The van der Waals surface area contributed by atoms with Crippen LogP contribution in [0.5, 0.6) is 0 Å². The van der Waals surface area contributed by atoms with Crippen LogP contribution in [-0.2, 0) is 11.2 Å². The molecule has 21 heavy (non-hydrogen) atoms. The molecule has 0 fully saturated rings. The molecule has 0 spiro atoms. The van der Waals surface area contributed by atoms with Crippen molar-refractivity contribution in [3.8, 4) is 0 Å². The lowest BCUT2D eigenvalue weighted by Crippen LogP contribution is -2.31. The van der Waals surface area contributed by atoms with Crippen molar-refractivity contribution >= 4 is 34.5 Å². The topological polar surface area (TPSA) is 49.4 Å². The van der Waals surface area contributed by atoms with Crippen LogP contribution in [0.1, 0.15) is 27.2 Å². The van der Waals surface area contributed by atoms with Crippen molar-refractivity contribution in [3.05, 3.63) is 45.6 Å². The van der Waals surface area contributed by atoms with Crippen molar-refractivity contribution in [1.82, 2.24) is 0 Å². The third-order valence-corrected chi connectivity index (χ3v) is 4.68. The zero-order chi connectivity index (χ0) is 15.0. The summed E-state index contributed by atoms with van der Waals surface area (Å²) in [5.74, 6) is 0.0432. The number of hydrogen-bond donors (Lipinski definition) is 1. The van der Waals surface area contributed by atoms with Gasteiger partial charge in [0.25, 0.3) is 5.91 Å². The first-order valence-corrected chi connectivity index (χ1v) is 7.68. The average Bonchev–Trinajstić information content (AvgIpc) is 2.90. The van der Waals surface area contributed by atoms with E-state index in [-0.39, 0.29) is 11.8 Å². The van der Waals surface area contributed by atoms with Crippen LogP contribution < -0.4 is 10.2 Å². The Morgan fingerprint density at radius 3 is 2.81 bits per heavy atom. The molecule has 0 saturated heterocycles. The van der Waals surface area contributed by atoms with Crippen molar-refractivity contribution in [1.29, 1.82) is 0 Å². The minimum atomic E-state index is -0.0895. The molecule has 108 valence electrons. The Hall–Kier alpha value is -2.14. The first-order chi connectivity index (χ1) is 10.0. The van der Waals surface area contributed by atoms with Crippen LogP contribution >= 0.6 is 11.3 Å². The number of aryl methyl sites for hydroxylation is 2. The van der Waals surface area contributed by atoms with E-state index in [1.54, 1.807) is 11.9 Å². The molecule has 0 radical (unpaired) electrons. The molecule has 0 unspecified atom stereocenters. The van der Waals surface area contributed by atoms with Crippen LogP contribution in [-0.4, -0.2) is 18.9 Å². The number of rotatable bonds is 2. The monoisotopic (exact) mass is 300 g/mol. The minimum Gasteiger partial charge on any atom is -0.321 e. The lowest BCUT2D eigenvalue weighted by Gasteiger charge is -2.26. The van der Waals surface area contributed by atoms with Crippen molar-refractivity contribution in [2.75, 3.05) is 17.3 Å². The van der Waals surface area contributed by atoms with Gasteiger partial charge >= 0.3 is 0 Å². The third-order valence-electron chi connectivity index (χ3n) is 3.64. The smallest absolute Gasteiger partial charge is 0.265 e. The zero-order valence-corrected chi connectivity index (χ0v) is 12.8. The van der Waals surface area contributed by atoms with Gasteiger partial charge in [0, 0.05) is 24.8 Å². The molecule has 0 bridgehead atoms. The Kier molecular flexibility index (Phi) is 3.51. The van der Waals surface area contributed by atoms with Crippen molar-refractivity contribution in [3.63, 3.8) is 0 Å². The number of amides is 2. The predicted molar refractivity (Wildman–Crippen MR) is 85.2 cm³/mol. The van der Waals surface area contributed by atoms with Crippen LogP contribution in [0.4, 0.5) is 11.4 Å². The first-order valence-electron chi connectivity index (χ1n) is 6.80. The number of carbonyl (C=O) groups excluding carboxylic acids is 2. The van der Waals surface area contributed by atoms with Gasteiger partial charge in [0.1, 0.15) is 0 Å². The Bertz CT molecular complexity index is 721. The maximum absolute atomic E-state index is 12.1. The van der Waals surface area contributed by atoms with Gasteiger partial charge in [-0.3, -0.25) is 9.59 Å². The van der Waals surface area contributed by atoms with Gasteiger partial charge in [0.05, 0.1) is 4.88 Å². The fraction of sp³-hybridized carbons (Fsp3) is 0.250. The van der Waals surface area contributed by atoms with E-state index in [1.165, 1.54) is 11.3 Å². The highest BCUT2D eigenvalue weighted by Gasteiger charge is 2.21. The molecule has 2 heterocycles. The van der Waals surface area contributed by atoms with Crippen molar-refractivity contribution in [2.45, 2.75) is 19.8 Å². The molecule has 3 rings (SSSR count). The van der Waals surface area contributed by atoms with Crippen LogP contribution in [0.3, 0.4) is 0 Å². The second kappa shape index (κ2) is 5.33. The van der Waals surface area contributed by atoms with E-state index in [0.29, 0.717) is 11.3 Å². The van der Waals surface area contributed by atoms with E-state index >= 15 is 0 Å². The predicted octanol–water partition coefficient (Wildman–Crippen LogP) is 3.22. The summed E-state index contributed by atoms with van der Waals surface area (Å²) in [7, 11) is 1.78. The van der Waals surface area contributed by atoms with E-state index in [0.717, 1.165) is 28.9 Å². The lowest BCUT2D eigenvalue weighted by atomic mass is 10.0. The number of benzene rings is 1. The fourth-order valence-electron chi connectivity index (χ4n) is 2.48. The minimum absolute atomic E-state index is 0.0895. The lowest BCUT2D eigenvalue weighted by molar-refractivity contribution is -0.118. The van der Waals surface area contributed by atoms with Gasteiger partial charge in [0.15, 0.2) is 0 Å². The Morgan fingerprint density at radius 1 is 1.29 bits per heavy atom. The summed E-state index contributed by atoms with van der Waals surface area (Å²) in [4.78, 5) is 26.2. The number of carbonyl (C=O) groups is 2. The first kappa shape index (κ1) is 13.8.